The molecule has 2 atom stereocenters. The number of nitrogens with two attached hydrogens (primary N) is 1. The van der Waals surface area contributed by atoms with Crippen LogP contribution in [0.2, 0.25) is 5.02 Å². The average Bonchev–Trinajstić information content (AvgIpc) is 3.18. The third-order valence-electron chi connectivity index (χ3n) is 5.30. The molecule has 0 amide bonds. The predicted octanol–water partition coefficient (Wildman–Crippen LogP) is 3.21. The summed E-state index contributed by atoms with van der Waals surface area (Å²) in [6, 6.07) is 11.0. The molecule has 0 bridgehead atoms. The van der Waals surface area contributed by atoms with Gasteiger partial charge in [0.25, 0.3) is 5.56 Å². The number of nitrogens with zero attached hydrogens (tertiary/aromatic N) is 2. The van der Waals surface area contributed by atoms with Crippen LogP contribution in [0.5, 0.6) is 5.75 Å². The number of aromatic nitrogens is 1. The van der Waals surface area contributed by atoms with E-state index in [4.69, 9.17) is 26.8 Å². The first kappa shape index (κ1) is 18.6. The number of pyridine rings is 1. The number of halogens is 1. The fourth-order valence-corrected chi connectivity index (χ4v) is 4.02. The van der Waals surface area contributed by atoms with E-state index in [0.717, 1.165) is 30.7 Å². The van der Waals surface area contributed by atoms with Crippen molar-refractivity contribution < 1.29 is 9.47 Å². The van der Waals surface area contributed by atoms with Crippen molar-refractivity contribution in [2.75, 3.05) is 6.61 Å². The molecule has 0 aliphatic carbocycles. The molecule has 0 spiro atoms. The van der Waals surface area contributed by atoms with E-state index < -0.39 is 5.92 Å². The molecule has 7 heteroatoms. The maximum atomic E-state index is 13.5. The Morgan fingerprint density at radius 2 is 2.11 bits per heavy atom. The fraction of sp³-hybridized carbons (Fsp3) is 0.333. The predicted molar refractivity (Wildman–Crippen MR) is 105 cm³/mol. The molecule has 144 valence electrons. The molecule has 1 aromatic heterocycles. The summed E-state index contributed by atoms with van der Waals surface area (Å²) in [6.45, 7) is 3.06. The van der Waals surface area contributed by atoms with E-state index in [1.165, 1.54) is 0 Å². The van der Waals surface area contributed by atoms with Crippen LogP contribution < -0.4 is 16.0 Å². The topological polar surface area (TPSA) is 90.3 Å². The molecule has 2 aliphatic rings. The summed E-state index contributed by atoms with van der Waals surface area (Å²) in [7, 11) is 0. The molecule has 0 unspecified atom stereocenters. The quantitative estimate of drug-likeness (QED) is 0.858. The van der Waals surface area contributed by atoms with E-state index in [2.05, 4.69) is 6.07 Å². The van der Waals surface area contributed by atoms with Gasteiger partial charge < -0.3 is 19.8 Å². The summed E-state index contributed by atoms with van der Waals surface area (Å²) < 4.78 is 13.1. The second-order valence-electron chi connectivity index (χ2n) is 7.09. The molecule has 6 nitrogen and oxygen atoms in total. The van der Waals surface area contributed by atoms with Crippen LogP contribution in [0.15, 0.2) is 46.6 Å². The molecule has 1 aromatic carbocycles. The third kappa shape index (κ3) is 3.17. The van der Waals surface area contributed by atoms with Gasteiger partial charge in [-0.15, -0.1) is 0 Å². The second-order valence-corrected chi connectivity index (χ2v) is 7.53. The highest BCUT2D eigenvalue weighted by atomic mass is 35.5. The van der Waals surface area contributed by atoms with Crippen molar-refractivity contribution in [3.8, 4) is 11.8 Å². The van der Waals surface area contributed by atoms with Crippen molar-refractivity contribution >= 4 is 11.6 Å². The highest BCUT2D eigenvalue weighted by molar-refractivity contribution is 6.30. The van der Waals surface area contributed by atoms with Crippen LogP contribution in [0.1, 0.15) is 35.6 Å². The zero-order valence-corrected chi connectivity index (χ0v) is 16.2. The monoisotopic (exact) mass is 397 g/mol. The lowest BCUT2D eigenvalue weighted by atomic mass is 9.84. The maximum absolute atomic E-state index is 13.5. The highest BCUT2D eigenvalue weighted by Crippen LogP contribution is 2.40. The smallest absolute Gasteiger partial charge is 0.258 e. The molecule has 0 saturated carbocycles. The Kier molecular flexibility index (Phi) is 4.88. The molecule has 0 radical (unpaired) electrons. The Hall–Kier alpha value is -2.75. The first-order chi connectivity index (χ1) is 13.5. The van der Waals surface area contributed by atoms with Crippen molar-refractivity contribution in [3.05, 3.63) is 74.0 Å². The molecule has 2 aromatic rings. The van der Waals surface area contributed by atoms with Gasteiger partial charge in [0.1, 0.15) is 17.4 Å². The molecule has 1 saturated heterocycles. The Balaban J connectivity index is 1.89. The highest BCUT2D eigenvalue weighted by Gasteiger charge is 2.34. The lowest BCUT2D eigenvalue weighted by Crippen LogP contribution is -2.35. The summed E-state index contributed by atoms with van der Waals surface area (Å²) >= 11 is 6.02. The third-order valence-corrected chi connectivity index (χ3v) is 5.56. The van der Waals surface area contributed by atoms with Gasteiger partial charge in [0.15, 0.2) is 0 Å². The summed E-state index contributed by atoms with van der Waals surface area (Å²) in [5.74, 6) is -0.192. The molecule has 3 heterocycles. The van der Waals surface area contributed by atoms with E-state index in [-0.39, 0.29) is 23.1 Å². The van der Waals surface area contributed by atoms with Crippen LogP contribution in [0.3, 0.4) is 0 Å². The maximum Gasteiger partial charge on any atom is 0.258 e. The van der Waals surface area contributed by atoms with Gasteiger partial charge >= 0.3 is 0 Å². The van der Waals surface area contributed by atoms with E-state index in [1.54, 1.807) is 34.9 Å². The standard InChI is InChI=1S/C21H20ClN3O3/c1-12-9-17-19(21(26)25(12)11-15-3-2-8-27-15)18(16(10-23)20(24)28-17)13-4-6-14(22)7-5-13/h4-7,9,15,18H,2-3,8,11,24H2,1H3/t15-,18+/m0/s1. The summed E-state index contributed by atoms with van der Waals surface area (Å²) in [5, 5.41) is 10.3. The minimum Gasteiger partial charge on any atom is -0.440 e. The Morgan fingerprint density at radius 1 is 1.36 bits per heavy atom. The molecule has 2 N–H and O–H groups in total. The number of ether oxygens (including phenoxy) is 2. The number of allylic oxidation sites excluding steroid dienone is 1. The number of benzene rings is 1. The molecule has 4 rings (SSSR count). The number of fused-ring (bicyclic) bond motifs is 1. The number of nitriles is 1. The van der Waals surface area contributed by atoms with Crippen LogP contribution in [-0.2, 0) is 11.3 Å². The number of hydrogen-bond donors (Lipinski definition) is 1. The first-order valence-corrected chi connectivity index (χ1v) is 9.56. The van der Waals surface area contributed by atoms with Crippen molar-refractivity contribution in [3.63, 3.8) is 0 Å². The van der Waals surface area contributed by atoms with Gasteiger partial charge in [0.05, 0.1) is 24.1 Å². The minimum atomic E-state index is -0.602. The molecular formula is C21H20ClN3O3. The lowest BCUT2D eigenvalue weighted by Gasteiger charge is -2.27. The number of hydrogen-bond acceptors (Lipinski definition) is 5. The largest absolute Gasteiger partial charge is 0.440 e. The minimum absolute atomic E-state index is 0.0176. The Labute approximate surface area is 167 Å². The Bertz CT molecular complexity index is 1040. The van der Waals surface area contributed by atoms with Crippen LogP contribution in [0.25, 0.3) is 0 Å². The normalized spacial score (nSPS) is 21.2. The van der Waals surface area contributed by atoms with Gasteiger partial charge in [-0.3, -0.25) is 4.79 Å². The van der Waals surface area contributed by atoms with E-state index >= 15 is 0 Å². The Morgan fingerprint density at radius 3 is 2.75 bits per heavy atom. The number of rotatable bonds is 3. The van der Waals surface area contributed by atoms with Gasteiger partial charge in [-0.25, -0.2) is 0 Å². The molecule has 2 aliphatic heterocycles. The van der Waals surface area contributed by atoms with Crippen molar-refractivity contribution in [1.82, 2.24) is 4.57 Å². The fourth-order valence-electron chi connectivity index (χ4n) is 3.89. The van der Waals surface area contributed by atoms with Crippen LogP contribution in [-0.4, -0.2) is 17.3 Å². The van der Waals surface area contributed by atoms with Crippen LogP contribution >= 0.6 is 11.6 Å². The summed E-state index contributed by atoms with van der Waals surface area (Å²) in [4.78, 5) is 13.5. The van der Waals surface area contributed by atoms with Gasteiger partial charge in [-0.2, -0.15) is 5.26 Å². The average molecular weight is 398 g/mol. The first-order valence-electron chi connectivity index (χ1n) is 9.18. The van der Waals surface area contributed by atoms with E-state index in [9.17, 15) is 10.1 Å². The lowest BCUT2D eigenvalue weighted by molar-refractivity contribution is 0.0955. The van der Waals surface area contributed by atoms with Crippen molar-refractivity contribution in [2.45, 2.75) is 38.3 Å². The molecular weight excluding hydrogens is 378 g/mol. The SMILES string of the molecule is Cc1cc2c(c(=O)n1C[C@@H]1CCCO1)[C@H](c1ccc(Cl)cc1)C(C#N)=C(N)O2. The van der Waals surface area contributed by atoms with Gasteiger partial charge in [-0.05, 0) is 37.5 Å². The van der Waals surface area contributed by atoms with Crippen molar-refractivity contribution in [1.29, 1.82) is 5.26 Å². The number of aryl methyl sites for hydroxylation is 1. The van der Waals surface area contributed by atoms with Gasteiger partial charge in [-0.1, -0.05) is 23.7 Å². The van der Waals surface area contributed by atoms with E-state index in [0.29, 0.717) is 22.9 Å². The zero-order chi connectivity index (χ0) is 19.8. The van der Waals surface area contributed by atoms with Crippen molar-refractivity contribution in [2.24, 2.45) is 5.73 Å². The van der Waals surface area contributed by atoms with Crippen LogP contribution in [0, 0.1) is 18.3 Å². The zero-order valence-electron chi connectivity index (χ0n) is 15.4. The molecule has 1 fully saturated rings. The van der Waals surface area contributed by atoms with Crippen LogP contribution in [0.4, 0.5) is 0 Å². The summed E-state index contributed by atoms with van der Waals surface area (Å²) in [5.41, 5.74) is 7.99. The molecule has 28 heavy (non-hydrogen) atoms. The summed E-state index contributed by atoms with van der Waals surface area (Å²) in [6.07, 6.45) is 1.94. The van der Waals surface area contributed by atoms with Gasteiger partial charge in [0, 0.05) is 23.4 Å². The van der Waals surface area contributed by atoms with Gasteiger partial charge in [0.2, 0.25) is 5.88 Å². The second kappa shape index (κ2) is 7.34. The van der Waals surface area contributed by atoms with E-state index in [1.807, 2.05) is 6.92 Å².